The molecule has 0 atom stereocenters. The number of guanidine groups is 1. The van der Waals surface area contributed by atoms with Crippen molar-refractivity contribution in [3.05, 3.63) is 59.9 Å². The normalized spacial score (nSPS) is 11.9. The van der Waals surface area contributed by atoms with Crippen LogP contribution in [-0.4, -0.2) is 37.4 Å². The first-order valence-electron chi connectivity index (χ1n) is 8.15. The second-order valence-corrected chi connectivity index (χ2v) is 5.44. The van der Waals surface area contributed by atoms with E-state index in [4.69, 9.17) is 0 Å². The van der Waals surface area contributed by atoms with E-state index >= 15 is 0 Å². The lowest BCUT2D eigenvalue weighted by atomic mass is 10.1. The number of ether oxygens (including phenoxy) is 1. The van der Waals surface area contributed by atoms with Crippen molar-refractivity contribution in [1.82, 2.24) is 15.6 Å². The Morgan fingerprint density at radius 2 is 1.73 bits per heavy atom. The molecule has 0 saturated carbocycles. The van der Waals surface area contributed by atoms with Gasteiger partial charge in [-0.25, -0.2) is 0 Å². The van der Waals surface area contributed by atoms with Gasteiger partial charge in [-0.05, 0) is 36.2 Å². The first-order valence-corrected chi connectivity index (χ1v) is 8.15. The van der Waals surface area contributed by atoms with Crippen LogP contribution < -0.4 is 15.4 Å². The minimum Gasteiger partial charge on any atom is -0.406 e. The van der Waals surface area contributed by atoms with Gasteiger partial charge >= 0.3 is 6.36 Å². The summed E-state index contributed by atoms with van der Waals surface area (Å²) in [7, 11) is 1.68. The van der Waals surface area contributed by atoms with Crippen LogP contribution in [0, 0.1) is 0 Å². The molecule has 0 spiro atoms. The van der Waals surface area contributed by atoms with Gasteiger partial charge < -0.3 is 15.4 Å². The van der Waals surface area contributed by atoms with Crippen LogP contribution in [0.5, 0.6) is 5.75 Å². The molecule has 5 nitrogen and oxygen atoms in total. The highest BCUT2D eigenvalue weighted by molar-refractivity contribution is 5.79. The molecule has 2 rings (SSSR count). The number of aromatic nitrogens is 1. The smallest absolute Gasteiger partial charge is 0.406 e. The zero-order valence-corrected chi connectivity index (χ0v) is 14.4. The molecular weight excluding hydrogens is 345 g/mol. The van der Waals surface area contributed by atoms with E-state index in [0.29, 0.717) is 25.5 Å². The van der Waals surface area contributed by atoms with Gasteiger partial charge in [-0.15, -0.1) is 13.2 Å². The zero-order chi connectivity index (χ0) is 18.8. The Bertz CT molecular complexity index is 688. The molecule has 0 aliphatic rings. The lowest BCUT2D eigenvalue weighted by Crippen LogP contribution is -2.39. The molecule has 0 aliphatic carbocycles. The van der Waals surface area contributed by atoms with E-state index in [2.05, 4.69) is 25.3 Å². The Balaban J connectivity index is 1.70. The van der Waals surface area contributed by atoms with Gasteiger partial charge in [0.1, 0.15) is 5.75 Å². The van der Waals surface area contributed by atoms with Crippen LogP contribution in [0.15, 0.2) is 53.7 Å². The van der Waals surface area contributed by atoms with Crippen molar-refractivity contribution in [3.63, 3.8) is 0 Å². The van der Waals surface area contributed by atoms with Crippen LogP contribution in [0.4, 0.5) is 13.2 Å². The molecule has 0 bridgehead atoms. The van der Waals surface area contributed by atoms with Gasteiger partial charge in [0.2, 0.25) is 0 Å². The van der Waals surface area contributed by atoms with Gasteiger partial charge in [-0.1, -0.05) is 18.2 Å². The summed E-state index contributed by atoms with van der Waals surface area (Å²) in [5.74, 6) is 0.444. The predicted molar refractivity (Wildman–Crippen MR) is 94.1 cm³/mol. The second-order valence-electron chi connectivity index (χ2n) is 5.44. The number of nitrogens with zero attached hydrogens (tertiary/aromatic N) is 2. The molecule has 26 heavy (non-hydrogen) atoms. The van der Waals surface area contributed by atoms with Crippen molar-refractivity contribution in [2.75, 3.05) is 20.1 Å². The maximum absolute atomic E-state index is 12.1. The van der Waals surface area contributed by atoms with Crippen molar-refractivity contribution in [3.8, 4) is 5.75 Å². The Kier molecular flexibility index (Phi) is 7.25. The van der Waals surface area contributed by atoms with Crippen molar-refractivity contribution in [1.29, 1.82) is 0 Å². The van der Waals surface area contributed by atoms with Gasteiger partial charge in [0.15, 0.2) is 5.96 Å². The molecule has 0 fully saturated rings. The Morgan fingerprint density at radius 1 is 1.04 bits per heavy atom. The summed E-state index contributed by atoms with van der Waals surface area (Å²) < 4.78 is 40.2. The third-order valence-corrected chi connectivity index (χ3v) is 3.49. The Morgan fingerprint density at radius 3 is 2.31 bits per heavy atom. The first-order chi connectivity index (χ1) is 12.5. The van der Waals surface area contributed by atoms with E-state index in [1.165, 1.54) is 12.1 Å². The van der Waals surface area contributed by atoms with Gasteiger partial charge in [0.25, 0.3) is 0 Å². The molecular formula is C18H21F3N4O. The molecule has 0 amide bonds. The summed E-state index contributed by atoms with van der Waals surface area (Å²) in [6.45, 7) is 1.29. The highest BCUT2D eigenvalue weighted by atomic mass is 19.4. The van der Waals surface area contributed by atoms with E-state index in [9.17, 15) is 13.2 Å². The number of hydrogen-bond acceptors (Lipinski definition) is 3. The van der Waals surface area contributed by atoms with Crippen LogP contribution >= 0.6 is 0 Å². The van der Waals surface area contributed by atoms with Crippen LogP contribution in [-0.2, 0) is 12.8 Å². The van der Waals surface area contributed by atoms with Crippen LogP contribution in [0.1, 0.15) is 11.3 Å². The molecule has 8 heteroatoms. The standard InChI is InChI=1S/C18H21F3N4O/c1-22-17(25-13-10-15-4-2-3-11-23-15)24-12-9-14-5-7-16(8-6-14)26-18(19,20)21/h2-8,11H,9-10,12-13H2,1H3,(H2,22,24,25). The van der Waals surface area contributed by atoms with Crippen molar-refractivity contribution in [2.45, 2.75) is 19.2 Å². The number of halogens is 3. The lowest BCUT2D eigenvalue weighted by molar-refractivity contribution is -0.274. The summed E-state index contributed by atoms with van der Waals surface area (Å²) >= 11 is 0. The number of benzene rings is 1. The Hall–Kier alpha value is -2.77. The second kappa shape index (κ2) is 9.65. The fourth-order valence-electron chi connectivity index (χ4n) is 2.26. The third-order valence-electron chi connectivity index (χ3n) is 3.49. The van der Waals surface area contributed by atoms with Crippen LogP contribution in [0.25, 0.3) is 0 Å². The number of hydrogen-bond donors (Lipinski definition) is 2. The van der Waals surface area contributed by atoms with Gasteiger partial charge in [0, 0.05) is 38.4 Å². The summed E-state index contributed by atoms with van der Waals surface area (Å²) in [6, 6.07) is 11.6. The fraction of sp³-hybridized carbons (Fsp3) is 0.333. The number of rotatable bonds is 7. The van der Waals surface area contributed by atoms with Crippen molar-refractivity contribution < 1.29 is 17.9 Å². The van der Waals surface area contributed by atoms with Crippen molar-refractivity contribution in [2.24, 2.45) is 4.99 Å². The zero-order valence-electron chi connectivity index (χ0n) is 14.4. The van der Waals surface area contributed by atoms with Crippen molar-refractivity contribution >= 4 is 5.96 Å². The molecule has 0 aliphatic heterocycles. The molecule has 1 heterocycles. The molecule has 0 radical (unpaired) electrons. The molecule has 0 saturated heterocycles. The molecule has 140 valence electrons. The van der Waals surface area contributed by atoms with E-state index in [0.717, 1.165) is 17.7 Å². The van der Waals surface area contributed by atoms with E-state index < -0.39 is 6.36 Å². The monoisotopic (exact) mass is 366 g/mol. The van der Waals surface area contributed by atoms with Gasteiger partial charge in [0.05, 0.1) is 0 Å². The number of pyridine rings is 1. The average Bonchev–Trinajstić information content (AvgIpc) is 2.61. The van der Waals surface area contributed by atoms with Gasteiger partial charge in [-0.2, -0.15) is 0 Å². The number of aliphatic imine (C=N–C) groups is 1. The third kappa shape index (κ3) is 7.42. The maximum atomic E-state index is 12.1. The summed E-state index contributed by atoms with van der Waals surface area (Å²) in [5.41, 5.74) is 1.90. The highest BCUT2D eigenvalue weighted by Gasteiger charge is 2.30. The molecule has 1 aromatic heterocycles. The quantitative estimate of drug-likeness (QED) is 0.584. The van der Waals surface area contributed by atoms with Crippen LogP contribution in [0.3, 0.4) is 0 Å². The minimum absolute atomic E-state index is 0.221. The SMILES string of the molecule is CN=C(NCCc1ccc(OC(F)(F)F)cc1)NCCc1ccccn1. The summed E-state index contributed by atoms with van der Waals surface area (Å²) in [4.78, 5) is 8.39. The fourth-order valence-corrected chi connectivity index (χ4v) is 2.26. The highest BCUT2D eigenvalue weighted by Crippen LogP contribution is 2.22. The maximum Gasteiger partial charge on any atom is 0.573 e. The number of alkyl halides is 3. The number of nitrogens with one attached hydrogen (secondary N) is 2. The van der Waals surface area contributed by atoms with Crippen LogP contribution in [0.2, 0.25) is 0 Å². The predicted octanol–water partition coefficient (Wildman–Crippen LogP) is 2.93. The first kappa shape index (κ1) is 19.6. The molecule has 2 N–H and O–H groups in total. The van der Waals surface area contributed by atoms with Gasteiger partial charge in [-0.3, -0.25) is 9.98 Å². The Labute approximate surface area is 150 Å². The van der Waals surface area contributed by atoms with E-state index in [1.54, 1.807) is 25.4 Å². The summed E-state index contributed by atoms with van der Waals surface area (Å²) in [5, 5.41) is 6.36. The topological polar surface area (TPSA) is 58.5 Å². The average molecular weight is 366 g/mol. The largest absolute Gasteiger partial charge is 0.573 e. The van der Waals surface area contributed by atoms with E-state index in [1.807, 2.05) is 18.2 Å². The molecule has 1 aromatic carbocycles. The molecule has 2 aromatic rings. The summed E-state index contributed by atoms with van der Waals surface area (Å²) in [6.07, 6.45) is -1.49. The minimum atomic E-state index is -4.67. The van der Waals surface area contributed by atoms with E-state index in [-0.39, 0.29) is 5.75 Å². The lowest BCUT2D eigenvalue weighted by Gasteiger charge is -2.12. The molecule has 0 unspecified atom stereocenters.